The molecular weight excluding hydrogens is 434 g/mol. The molecule has 10 heteroatoms. The van der Waals surface area contributed by atoms with Crippen LogP contribution in [0.2, 0.25) is 0 Å². The van der Waals surface area contributed by atoms with Gasteiger partial charge in [0, 0.05) is 25.2 Å². The van der Waals surface area contributed by atoms with E-state index in [4.69, 9.17) is 9.15 Å². The molecule has 1 amide bonds. The Kier molecular flexibility index (Phi) is 7.06. The topological polar surface area (TPSA) is 119 Å². The molecule has 0 fully saturated rings. The molecule has 3 aromatic rings. The summed E-state index contributed by atoms with van der Waals surface area (Å²) in [5, 5.41) is 2.53. The predicted molar refractivity (Wildman–Crippen MR) is 116 cm³/mol. The van der Waals surface area contributed by atoms with Crippen LogP contribution in [-0.4, -0.2) is 49.7 Å². The first-order valence-corrected chi connectivity index (χ1v) is 11.1. The molecule has 1 unspecified atom stereocenters. The molecule has 0 bridgehead atoms. The van der Waals surface area contributed by atoms with Crippen molar-refractivity contribution in [3.8, 4) is 11.5 Å². The maximum atomic E-state index is 12.4. The fourth-order valence-electron chi connectivity index (χ4n) is 2.68. The molecular formula is C22H23N3O6S. The molecule has 0 aliphatic rings. The number of hydrogen-bond acceptors (Lipinski definition) is 7. The van der Waals surface area contributed by atoms with Crippen molar-refractivity contribution in [2.45, 2.75) is 24.5 Å². The number of amides is 1. The second-order valence-corrected chi connectivity index (χ2v) is 9.28. The number of nitrogens with one attached hydrogen (secondary N) is 1. The van der Waals surface area contributed by atoms with Gasteiger partial charge in [0.15, 0.2) is 0 Å². The summed E-state index contributed by atoms with van der Waals surface area (Å²) in [6.07, 6.45) is 1.40. The summed E-state index contributed by atoms with van der Waals surface area (Å²) in [5.74, 6) is -0.761. The summed E-state index contributed by atoms with van der Waals surface area (Å²) in [6, 6.07) is 13.8. The van der Waals surface area contributed by atoms with E-state index in [1.807, 2.05) is 30.3 Å². The highest BCUT2D eigenvalue weighted by atomic mass is 32.2. The van der Waals surface area contributed by atoms with Crippen molar-refractivity contribution >= 4 is 21.9 Å². The van der Waals surface area contributed by atoms with Crippen LogP contribution in [0.25, 0.3) is 11.5 Å². The zero-order valence-corrected chi connectivity index (χ0v) is 18.6. The maximum Gasteiger partial charge on any atom is 0.328 e. The number of benzene rings is 2. The summed E-state index contributed by atoms with van der Waals surface area (Å²) in [6.45, 7) is 1.38. The summed E-state index contributed by atoms with van der Waals surface area (Å²) >= 11 is 0. The SMILES string of the molecule is CC(NC(=O)c1ccc(S(=O)(=O)N(C)C)cc1)C(=O)OCc1coc(-c2ccccc2)n1. The Morgan fingerprint density at radius 3 is 2.38 bits per heavy atom. The second-order valence-electron chi connectivity index (χ2n) is 7.12. The molecule has 1 aromatic heterocycles. The number of hydrogen-bond donors (Lipinski definition) is 1. The van der Waals surface area contributed by atoms with Crippen molar-refractivity contribution in [2.24, 2.45) is 0 Å². The number of sulfonamides is 1. The van der Waals surface area contributed by atoms with Gasteiger partial charge >= 0.3 is 5.97 Å². The zero-order chi connectivity index (χ0) is 23.3. The van der Waals surface area contributed by atoms with E-state index in [9.17, 15) is 18.0 Å². The molecule has 0 aliphatic carbocycles. The fraction of sp³-hybridized carbons (Fsp3) is 0.227. The normalized spacial score (nSPS) is 12.4. The number of carbonyl (C=O) groups is 2. The van der Waals surface area contributed by atoms with Gasteiger partial charge in [0.05, 0.1) is 4.90 Å². The molecule has 32 heavy (non-hydrogen) atoms. The first-order chi connectivity index (χ1) is 15.2. The Bertz CT molecular complexity index is 1190. The van der Waals surface area contributed by atoms with Crippen LogP contribution in [0.4, 0.5) is 0 Å². The number of esters is 1. The molecule has 2 aromatic carbocycles. The number of nitrogens with zero attached hydrogens (tertiary/aromatic N) is 2. The fourth-order valence-corrected chi connectivity index (χ4v) is 3.59. The van der Waals surface area contributed by atoms with Gasteiger partial charge in [-0.15, -0.1) is 0 Å². The van der Waals surface area contributed by atoms with Crippen LogP contribution in [0.15, 0.2) is 70.2 Å². The van der Waals surface area contributed by atoms with Crippen LogP contribution in [0.3, 0.4) is 0 Å². The molecule has 168 valence electrons. The summed E-state index contributed by atoms with van der Waals surface area (Å²) in [7, 11) is -0.749. The van der Waals surface area contributed by atoms with E-state index in [1.54, 1.807) is 0 Å². The quantitative estimate of drug-likeness (QED) is 0.516. The number of carbonyl (C=O) groups excluding carboxylic acids is 2. The van der Waals surface area contributed by atoms with Crippen molar-refractivity contribution in [1.82, 2.24) is 14.6 Å². The van der Waals surface area contributed by atoms with E-state index in [-0.39, 0.29) is 17.1 Å². The maximum absolute atomic E-state index is 12.4. The van der Waals surface area contributed by atoms with Gasteiger partial charge in [0.1, 0.15) is 24.6 Å². The average molecular weight is 458 g/mol. The predicted octanol–water partition coefficient (Wildman–Crippen LogP) is 2.45. The van der Waals surface area contributed by atoms with Crippen LogP contribution in [-0.2, 0) is 26.2 Å². The third-order valence-electron chi connectivity index (χ3n) is 4.53. The van der Waals surface area contributed by atoms with Gasteiger partial charge in [0.2, 0.25) is 15.9 Å². The Balaban J connectivity index is 1.54. The Labute approximate surface area is 186 Å². The van der Waals surface area contributed by atoms with Crippen molar-refractivity contribution in [3.63, 3.8) is 0 Å². The van der Waals surface area contributed by atoms with Crippen molar-refractivity contribution in [3.05, 3.63) is 72.1 Å². The Hall–Kier alpha value is -3.50. The lowest BCUT2D eigenvalue weighted by Gasteiger charge is -2.14. The highest BCUT2D eigenvalue weighted by Gasteiger charge is 2.21. The lowest BCUT2D eigenvalue weighted by Crippen LogP contribution is -2.39. The largest absolute Gasteiger partial charge is 0.458 e. The first kappa shape index (κ1) is 23.2. The molecule has 3 rings (SSSR count). The summed E-state index contributed by atoms with van der Waals surface area (Å²) < 4.78 is 35.9. The lowest BCUT2D eigenvalue weighted by molar-refractivity contribution is -0.146. The minimum atomic E-state index is -3.59. The summed E-state index contributed by atoms with van der Waals surface area (Å²) in [4.78, 5) is 29.0. The van der Waals surface area contributed by atoms with E-state index in [0.29, 0.717) is 11.6 Å². The van der Waals surface area contributed by atoms with Crippen LogP contribution >= 0.6 is 0 Å². The van der Waals surface area contributed by atoms with Crippen LogP contribution in [0, 0.1) is 0 Å². The number of rotatable bonds is 8. The van der Waals surface area contributed by atoms with Gasteiger partial charge in [-0.3, -0.25) is 4.79 Å². The molecule has 0 radical (unpaired) electrons. The van der Waals surface area contributed by atoms with Crippen molar-refractivity contribution < 1.29 is 27.2 Å². The van der Waals surface area contributed by atoms with Gasteiger partial charge in [-0.25, -0.2) is 22.5 Å². The standard InChI is InChI=1S/C22H23N3O6S/c1-15(23-20(26)16-9-11-19(12-10-16)32(28,29)25(2)3)22(27)31-14-18-13-30-21(24-18)17-7-5-4-6-8-17/h4-13,15H,14H2,1-3H3,(H,23,26). The molecule has 0 aliphatic heterocycles. The molecule has 9 nitrogen and oxygen atoms in total. The van der Waals surface area contributed by atoms with Crippen LogP contribution < -0.4 is 5.32 Å². The van der Waals surface area contributed by atoms with Crippen molar-refractivity contribution in [2.75, 3.05) is 14.1 Å². The number of oxazole rings is 1. The highest BCUT2D eigenvalue weighted by Crippen LogP contribution is 2.18. The van der Waals surface area contributed by atoms with E-state index >= 15 is 0 Å². The monoisotopic (exact) mass is 457 g/mol. The second kappa shape index (κ2) is 9.75. The molecule has 1 atom stereocenters. The van der Waals surface area contributed by atoms with Gasteiger partial charge in [-0.2, -0.15) is 0 Å². The van der Waals surface area contributed by atoms with E-state index < -0.39 is 27.9 Å². The Morgan fingerprint density at radius 2 is 1.75 bits per heavy atom. The summed E-state index contributed by atoms with van der Waals surface area (Å²) in [5.41, 5.74) is 1.45. The molecule has 0 saturated carbocycles. The number of aromatic nitrogens is 1. The van der Waals surface area contributed by atoms with E-state index in [1.165, 1.54) is 51.5 Å². The van der Waals surface area contributed by atoms with Crippen molar-refractivity contribution in [1.29, 1.82) is 0 Å². The lowest BCUT2D eigenvalue weighted by atomic mass is 10.2. The van der Waals surface area contributed by atoms with Crippen LogP contribution in [0.1, 0.15) is 23.0 Å². The smallest absolute Gasteiger partial charge is 0.328 e. The highest BCUT2D eigenvalue weighted by molar-refractivity contribution is 7.89. The van der Waals surface area contributed by atoms with E-state index in [0.717, 1.165) is 9.87 Å². The Morgan fingerprint density at radius 1 is 1.09 bits per heavy atom. The van der Waals surface area contributed by atoms with E-state index in [2.05, 4.69) is 10.3 Å². The molecule has 0 spiro atoms. The van der Waals surface area contributed by atoms with Gasteiger partial charge in [0.25, 0.3) is 5.91 Å². The average Bonchev–Trinajstić information content (AvgIpc) is 3.27. The third kappa shape index (κ3) is 5.40. The number of ether oxygens (including phenoxy) is 1. The van der Waals surface area contributed by atoms with Crippen LogP contribution in [0.5, 0.6) is 0 Å². The minimum absolute atomic E-state index is 0.0639. The van der Waals surface area contributed by atoms with Gasteiger partial charge < -0.3 is 14.5 Å². The zero-order valence-electron chi connectivity index (χ0n) is 17.8. The first-order valence-electron chi connectivity index (χ1n) is 9.68. The van der Waals surface area contributed by atoms with Gasteiger partial charge in [-0.05, 0) is 43.3 Å². The molecule has 1 N–H and O–H groups in total. The minimum Gasteiger partial charge on any atom is -0.458 e. The van der Waals surface area contributed by atoms with Gasteiger partial charge in [-0.1, -0.05) is 18.2 Å². The molecule has 1 heterocycles. The third-order valence-corrected chi connectivity index (χ3v) is 6.36. The molecule has 0 saturated heterocycles.